The molecule has 0 aliphatic carbocycles. The van der Waals surface area contributed by atoms with E-state index < -0.39 is 5.91 Å². The summed E-state index contributed by atoms with van der Waals surface area (Å²) in [7, 11) is 0. The van der Waals surface area contributed by atoms with Crippen LogP contribution in [-0.4, -0.2) is 26.0 Å². The number of carbonyl (C=O) groups excluding carboxylic acids is 1. The lowest BCUT2D eigenvalue weighted by molar-refractivity contribution is 0.0951. The molecule has 0 spiro atoms. The second-order valence-corrected chi connectivity index (χ2v) is 8.97. The van der Waals surface area contributed by atoms with Crippen molar-refractivity contribution in [1.82, 2.24) is 20.3 Å². The van der Waals surface area contributed by atoms with Crippen molar-refractivity contribution in [3.8, 4) is 17.0 Å². The summed E-state index contributed by atoms with van der Waals surface area (Å²) < 4.78 is 18.9. The molecule has 7 nitrogen and oxygen atoms in total. The molecule has 0 fully saturated rings. The summed E-state index contributed by atoms with van der Waals surface area (Å²) in [4.78, 5) is 14.1. The number of nitrogens with one attached hydrogen (secondary N) is 2. The van der Waals surface area contributed by atoms with Crippen LogP contribution in [0.25, 0.3) is 28.0 Å². The average molecular weight is 520 g/mol. The summed E-state index contributed by atoms with van der Waals surface area (Å²) in [6, 6.07) is 18.3. The van der Waals surface area contributed by atoms with Crippen LogP contribution in [0, 0.1) is 19.7 Å². The number of fused-ring (bicyclic) bond motifs is 1. The van der Waals surface area contributed by atoms with Crippen molar-refractivity contribution in [3.05, 3.63) is 94.5 Å². The van der Waals surface area contributed by atoms with E-state index in [2.05, 4.69) is 20.8 Å². The molecule has 36 heavy (non-hydrogen) atoms. The largest absolute Gasteiger partial charge is 0.451 e. The van der Waals surface area contributed by atoms with Crippen molar-refractivity contribution in [3.63, 3.8) is 0 Å². The predicted molar refractivity (Wildman–Crippen MR) is 141 cm³/mol. The molecular weight excluding hydrogens is 501 g/mol. The van der Waals surface area contributed by atoms with Crippen LogP contribution in [0.4, 0.5) is 10.1 Å². The number of hydrogen-bond donors (Lipinski definition) is 2. The maximum absolute atomic E-state index is 13.2. The molecule has 0 aliphatic heterocycles. The Morgan fingerprint density at radius 3 is 2.42 bits per heavy atom. The van der Waals surface area contributed by atoms with E-state index in [-0.39, 0.29) is 16.7 Å². The number of carbonyl (C=O) groups is 1. The van der Waals surface area contributed by atoms with Gasteiger partial charge in [0.05, 0.1) is 5.69 Å². The van der Waals surface area contributed by atoms with Gasteiger partial charge in [0.25, 0.3) is 5.91 Å². The number of thiocarbonyl (C=S) groups is 1. The van der Waals surface area contributed by atoms with Gasteiger partial charge in [-0.1, -0.05) is 23.7 Å². The minimum Gasteiger partial charge on any atom is -0.451 e. The van der Waals surface area contributed by atoms with Gasteiger partial charge in [-0.2, -0.15) is 4.80 Å². The molecule has 0 saturated carbocycles. The monoisotopic (exact) mass is 519 g/mol. The quantitative estimate of drug-likeness (QED) is 0.274. The molecule has 5 aromatic rings. The van der Waals surface area contributed by atoms with Crippen molar-refractivity contribution < 1.29 is 13.6 Å². The van der Waals surface area contributed by atoms with Crippen molar-refractivity contribution in [2.75, 3.05) is 5.32 Å². The van der Waals surface area contributed by atoms with Crippen LogP contribution in [0.15, 0.2) is 71.1 Å². The third-order valence-corrected chi connectivity index (χ3v) is 6.16. The van der Waals surface area contributed by atoms with Crippen LogP contribution in [0.1, 0.15) is 21.7 Å². The predicted octanol–water partition coefficient (Wildman–Crippen LogP) is 6.22. The second kappa shape index (κ2) is 9.52. The number of aryl methyl sites for hydroxylation is 2. The smallest absolute Gasteiger partial charge is 0.293 e. The Morgan fingerprint density at radius 2 is 1.69 bits per heavy atom. The van der Waals surface area contributed by atoms with Gasteiger partial charge >= 0.3 is 0 Å². The maximum atomic E-state index is 13.2. The number of benzene rings is 3. The highest BCUT2D eigenvalue weighted by atomic mass is 35.5. The normalized spacial score (nSPS) is 11.0. The minimum atomic E-state index is -0.488. The van der Waals surface area contributed by atoms with Crippen LogP contribution < -0.4 is 10.6 Å². The van der Waals surface area contributed by atoms with E-state index in [1.165, 1.54) is 16.9 Å². The van der Waals surface area contributed by atoms with E-state index in [1.807, 2.05) is 32.0 Å². The van der Waals surface area contributed by atoms with Gasteiger partial charge < -0.3 is 9.73 Å². The first kappa shape index (κ1) is 23.7. The maximum Gasteiger partial charge on any atom is 0.293 e. The fraction of sp³-hybridized carbons (Fsp3) is 0.0769. The zero-order valence-corrected chi connectivity index (χ0v) is 20.7. The van der Waals surface area contributed by atoms with E-state index in [0.717, 1.165) is 16.7 Å². The number of anilines is 1. The molecule has 180 valence electrons. The number of rotatable bonds is 4. The van der Waals surface area contributed by atoms with E-state index >= 15 is 0 Å². The summed E-state index contributed by atoms with van der Waals surface area (Å²) in [5.41, 5.74) is 5.13. The molecule has 2 heterocycles. The molecule has 3 aromatic carbocycles. The van der Waals surface area contributed by atoms with Gasteiger partial charge in [0.2, 0.25) is 0 Å². The first-order chi connectivity index (χ1) is 17.3. The van der Waals surface area contributed by atoms with Gasteiger partial charge in [0.15, 0.2) is 10.9 Å². The van der Waals surface area contributed by atoms with Gasteiger partial charge in [0, 0.05) is 16.3 Å². The van der Waals surface area contributed by atoms with Crippen molar-refractivity contribution >= 4 is 51.6 Å². The summed E-state index contributed by atoms with van der Waals surface area (Å²) >= 11 is 11.5. The molecule has 0 unspecified atom stereocenters. The van der Waals surface area contributed by atoms with Gasteiger partial charge in [-0.3, -0.25) is 10.1 Å². The lowest BCUT2D eigenvalue weighted by Crippen LogP contribution is -2.34. The third-order valence-electron chi connectivity index (χ3n) is 5.55. The SMILES string of the molecule is Cc1ccc(-c2ccc(C(=O)NC(=S)Nc3cc4nn(-c5ccc(F)cc5)nc4cc3C)o2)cc1Cl. The highest BCUT2D eigenvalue weighted by Gasteiger charge is 2.16. The topological polar surface area (TPSA) is 85.0 Å². The van der Waals surface area contributed by atoms with E-state index in [4.69, 9.17) is 28.2 Å². The fourth-order valence-corrected chi connectivity index (χ4v) is 3.96. The van der Waals surface area contributed by atoms with Crippen molar-refractivity contribution in [2.45, 2.75) is 13.8 Å². The Labute approximate surface area is 215 Å². The van der Waals surface area contributed by atoms with Gasteiger partial charge in [-0.25, -0.2) is 4.39 Å². The Kier molecular flexibility index (Phi) is 6.26. The Bertz CT molecular complexity index is 1630. The zero-order valence-electron chi connectivity index (χ0n) is 19.2. The minimum absolute atomic E-state index is 0.102. The van der Waals surface area contributed by atoms with E-state index in [9.17, 15) is 9.18 Å². The van der Waals surface area contributed by atoms with Crippen LogP contribution in [-0.2, 0) is 0 Å². The molecule has 2 aromatic heterocycles. The molecule has 0 saturated heterocycles. The van der Waals surface area contributed by atoms with Crippen LogP contribution in [0.3, 0.4) is 0 Å². The number of amides is 1. The van der Waals surface area contributed by atoms with Gasteiger partial charge in [-0.05, 0) is 91.8 Å². The Hall–Kier alpha value is -4.08. The highest BCUT2D eigenvalue weighted by molar-refractivity contribution is 7.80. The molecule has 0 bridgehead atoms. The first-order valence-electron chi connectivity index (χ1n) is 10.9. The summed E-state index contributed by atoms with van der Waals surface area (Å²) in [5, 5.41) is 15.3. The zero-order chi connectivity index (χ0) is 25.4. The number of nitrogens with zero attached hydrogens (tertiary/aromatic N) is 3. The van der Waals surface area contributed by atoms with Gasteiger partial charge in [-0.15, -0.1) is 10.2 Å². The molecule has 0 aliphatic rings. The lowest BCUT2D eigenvalue weighted by Gasteiger charge is -2.11. The summed E-state index contributed by atoms with van der Waals surface area (Å²) in [6.07, 6.45) is 0. The molecule has 10 heteroatoms. The molecule has 0 radical (unpaired) electrons. The number of hydrogen-bond acceptors (Lipinski definition) is 5. The molecule has 1 amide bonds. The van der Waals surface area contributed by atoms with Crippen LogP contribution in [0.5, 0.6) is 0 Å². The second-order valence-electron chi connectivity index (χ2n) is 8.16. The van der Waals surface area contributed by atoms with Gasteiger partial charge in [0.1, 0.15) is 22.6 Å². The molecule has 0 atom stereocenters. The summed E-state index contributed by atoms with van der Waals surface area (Å²) in [5.74, 6) is -0.191. The highest BCUT2D eigenvalue weighted by Crippen LogP contribution is 2.27. The Morgan fingerprint density at radius 1 is 0.972 bits per heavy atom. The molecule has 5 rings (SSSR count). The average Bonchev–Trinajstić information content (AvgIpc) is 3.49. The number of furan rings is 1. The lowest BCUT2D eigenvalue weighted by atomic mass is 10.1. The van der Waals surface area contributed by atoms with Crippen molar-refractivity contribution in [1.29, 1.82) is 0 Å². The molecular formula is C26H19ClFN5O2S. The number of halogens is 2. The van der Waals surface area contributed by atoms with E-state index in [0.29, 0.717) is 33.2 Å². The van der Waals surface area contributed by atoms with Crippen molar-refractivity contribution in [2.24, 2.45) is 0 Å². The fourth-order valence-electron chi connectivity index (χ4n) is 3.57. The Balaban J connectivity index is 1.29. The van der Waals surface area contributed by atoms with Crippen LogP contribution >= 0.6 is 23.8 Å². The molecule has 2 N–H and O–H groups in total. The standard InChI is InChI=1S/C26H19ClFN5O2S/c1-14-3-4-16(12-19(14)27)23-9-10-24(35-23)25(34)30-26(36)29-20-13-22-21(11-15(20)2)31-33(32-22)18-7-5-17(28)6-8-18/h3-13H,1-2H3,(H2,29,30,34,36). The number of aromatic nitrogens is 3. The summed E-state index contributed by atoms with van der Waals surface area (Å²) in [6.45, 7) is 3.79. The third kappa shape index (κ3) is 4.84. The van der Waals surface area contributed by atoms with E-state index in [1.54, 1.807) is 36.4 Å². The van der Waals surface area contributed by atoms with Crippen LogP contribution in [0.2, 0.25) is 5.02 Å². The first-order valence-corrected chi connectivity index (χ1v) is 11.7.